The molecule has 1 unspecified atom stereocenters. The van der Waals surface area contributed by atoms with Gasteiger partial charge in [0.1, 0.15) is 0 Å². The predicted molar refractivity (Wildman–Crippen MR) is 93.4 cm³/mol. The van der Waals surface area contributed by atoms with Gasteiger partial charge in [0.15, 0.2) is 0 Å². The first-order valence-corrected chi connectivity index (χ1v) is 9.13. The number of benzene rings is 1. The molecule has 1 saturated carbocycles. The van der Waals surface area contributed by atoms with E-state index in [1.54, 1.807) is 0 Å². The maximum atomic E-state index is 6.16. The molecule has 0 amide bonds. The molecule has 0 radical (unpaired) electrons. The van der Waals surface area contributed by atoms with Crippen molar-refractivity contribution in [3.05, 3.63) is 33.8 Å². The van der Waals surface area contributed by atoms with Gasteiger partial charge < -0.3 is 5.32 Å². The van der Waals surface area contributed by atoms with Crippen molar-refractivity contribution in [1.29, 1.82) is 0 Å². The van der Waals surface area contributed by atoms with Gasteiger partial charge in [0, 0.05) is 6.04 Å². The van der Waals surface area contributed by atoms with Crippen LogP contribution in [0.4, 0.5) is 0 Å². The Morgan fingerprint density at radius 3 is 2.33 bits per heavy atom. The molecule has 1 aromatic rings. The molecule has 1 fully saturated rings. The maximum Gasteiger partial charge on any atom is 0.0595 e. The largest absolute Gasteiger partial charge is 0.314 e. The number of nitrogens with one attached hydrogen (secondary N) is 1. The van der Waals surface area contributed by atoms with E-state index < -0.39 is 0 Å². The van der Waals surface area contributed by atoms with Crippen molar-refractivity contribution in [1.82, 2.24) is 5.32 Å². The molecule has 0 heterocycles. The van der Waals surface area contributed by atoms with Gasteiger partial charge in [-0.2, -0.15) is 0 Å². The molecule has 1 aromatic carbocycles. The van der Waals surface area contributed by atoms with Gasteiger partial charge in [0.2, 0.25) is 0 Å². The highest BCUT2D eigenvalue weighted by Gasteiger charge is 2.21. The van der Waals surface area contributed by atoms with Crippen LogP contribution in [0.15, 0.2) is 18.2 Å². The van der Waals surface area contributed by atoms with Gasteiger partial charge in [-0.15, -0.1) is 0 Å². The molecule has 0 spiro atoms. The SMILES string of the molecule is CCNC(Cc1ccc(Cl)c(Cl)c1)C1CCCCCCC1. The van der Waals surface area contributed by atoms with Gasteiger partial charge in [-0.3, -0.25) is 0 Å². The zero-order chi connectivity index (χ0) is 15.1. The van der Waals surface area contributed by atoms with Gasteiger partial charge >= 0.3 is 0 Å². The Morgan fingerprint density at radius 2 is 1.71 bits per heavy atom. The lowest BCUT2D eigenvalue weighted by Gasteiger charge is -2.29. The maximum absolute atomic E-state index is 6.16. The Hall–Kier alpha value is -0.240. The second-order valence-electron chi connectivity index (χ2n) is 6.22. The van der Waals surface area contributed by atoms with E-state index in [0.717, 1.165) is 18.9 Å². The monoisotopic (exact) mass is 327 g/mol. The Kier molecular flexibility index (Phi) is 7.36. The summed E-state index contributed by atoms with van der Waals surface area (Å²) in [4.78, 5) is 0. The molecule has 1 aliphatic rings. The van der Waals surface area contributed by atoms with E-state index in [-0.39, 0.29) is 0 Å². The summed E-state index contributed by atoms with van der Waals surface area (Å²) in [5.74, 6) is 0.791. The third-order valence-electron chi connectivity index (χ3n) is 4.62. The first-order valence-electron chi connectivity index (χ1n) is 8.38. The summed E-state index contributed by atoms with van der Waals surface area (Å²) in [7, 11) is 0. The van der Waals surface area contributed by atoms with Crippen LogP contribution in [0.5, 0.6) is 0 Å². The summed E-state index contributed by atoms with van der Waals surface area (Å²) in [6.45, 7) is 3.23. The minimum absolute atomic E-state index is 0.561. The molecule has 1 N–H and O–H groups in total. The Labute approximate surface area is 139 Å². The lowest BCUT2D eigenvalue weighted by molar-refractivity contribution is 0.286. The van der Waals surface area contributed by atoms with Crippen molar-refractivity contribution >= 4 is 23.2 Å². The zero-order valence-corrected chi connectivity index (χ0v) is 14.5. The van der Waals surface area contributed by atoms with Crippen molar-refractivity contribution in [2.45, 2.75) is 64.3 Å². The van der Waals surface area contributed by atoms with E-state index in [1.807, 2.05) is 12.1 Å². The van der Waals surface area contributed by atoms with Gasteiger partial charge in [0.05, 0.1) is 10.0 Å². The van der Waals surface area contributed by atoms with E-state index in [9.17, 15) is 0 Å². The molecular weight excluding hydrogens is 301 g/mol. The number of halogens is 2. The molecular formula is C18H27Cl2N. The average molecular weight is 328 g/mol. The first-order chi connectivity index (χ1) is 10.2. The van der Waals surface area contributed by atoms with Gasteiger partial charge in [0.25, 0.3) is 0 Å². The lowest BCUT2D eigenvalue weighted by Crippen LogP contribution is -2.38. The number of rotatable bonds is 5. The van der Waals surface area contributed by atoms with Gasteiger partial charge in [-0.25, -0.2) is 0 Å². The molecule has 2 rings (SSSR count). The van der Waals surface area contributed by atoms with Crippen LogP contribution < -0.4 is 5.32 Å². The summed E-state index contributed by atoms with van der Waals surface area (Å²) >= 11 is 12.2. The van der Waals surface area contributed by atoms with Crippen molar-refractivity contribution < 1.29 is 0 Å². The highest BCUT2D eigenvalue weighted by Crippen LogP contribution is 2.28. The van der Waals surface area contributed by atoms with E-state index in [4.69, 9.17) is 23.2 Å². The Balaban J connectivity index is 2.04. The highest BCUT2D eigenvalue weighted by molar-refractivity contribution is 6.42. The first kappa shape index (κ1) is 17.1. The van der Waals surface area contributed by atoms with Crippen molar-refractivity contribution in [3.8, 4) is 0 Å². The quantitative estimate of drug-likeness (QED) is 0.712. The molecule has 0 bridgehead atoms. The minimum Gasteiger partial charge on any atom is -0.314 e. The fraction of sp³-hybridized carbons (Fsp3) is 0.667. The van der Waals surface area contributed by atoms with E-state index in [0.29, 0.717) is 16.1 Å². The lowest BCUT2D eigenvalue weighted by atomic mass is 9.83. The van der Waals surface area contributed by atoms with E-state index in [1.165, 1.54) is 50.5 Å². The summed E-state index contributed by atoms with van der Waals surface area (Å²) in [5, 5.41) is 5.02. The van der Waals surface area contributed by atoms with Crippen molar-refractivity contribution in [2.75, 3.05) is 6.54 Å². The Morgan fingerprint density at radius 1 is 1.05 bits per heavy atom. The fourth-order valence-electron chi connectivity index (χ4n) is 3.48. The smallest absolute Gasteiger partial charge is 0.0595 e. The van der Waals surface area contributed by atoms with Gasteiger partial charge in [-0.05, 0) is 49.4 Å². The third-order valence-corrected chi connectivity index (χ3v) is 5.36. The zero-order valence-electron chi connectivity index (χ0n) is 13.0. The summed E-state index contributed by atoms with van der Waals surface area (Å²) in [6, 6.07) is 6.62. The van der Waals surface area contributed by atoms with Gasteiger partial charge in [-0.1, -0.05) is 68.3 Å². The van der Waals surface area contributed by atoms with E-state index in [2.05, 4.69) is 18.3 Å². The summed E-state index contributed by atoms with van der Waals surface area (Å²) < 4.78 is 0. The molecule has 0 saturated heterocycles. The van der Waals surface area contributed by atoms with E-state index >= 15 is 0 Å². The number of hydrogen-bond donors (Lipinski definition) is 1. The molecule has 0 aliphatic heterocycles. The standard InChI is InChI=1S/C18H27Cl2N/c1-2-21-18(15-8-6-4-3-5-7-9-15)13-14-10-11-16(19)17(20)12-14/h10-12,15,18,21H,2-9,13H2,1H3. The normalized spacial score (nSPS) is 19.0. The van der Waals surface area contributed by atoms with Crippen LogP contribution in [0.1, 0.15) is 57.4 Å². The van der Waals surface area contributed by atoms with Crippen molar-refractivity contribution in [2.24, 2.45) is 5.92 Å². The van der Waals surface area contributed by atoms with Crippen LogP contribution in [-0.2, 0) is 6.42 Å². The molecule has 1 nitrogen and oxygen atoms in total. The third kappa shape index (κ3) is 5.47. The summed E-state index contributed by atoms with van der Waals surface area (Å²) in [6.07, 6.45) is 10.8. The molecule has 21 heavy (non-hydrogen) atoms. The molecule has 1 aliphatic carbocycles. The highest BCUT2D eigenvalue weighted by atomic mass is 35.5. The number of hydrogen-bond acceptors (Lipinski definition) is 1. The van der Waals surface area contributed by atoms with Crippen LogP contribution in [0, 0.1) is 5.92 Å². The van der Waals surface area contributed by atoms with Crippen LogP contribution in [0.3, 0.4) is 0 Å². The fourth-order valence-corrected chi connectivity index (χ4v) is 3.80. The predicted octanol–water partition coefficient (Wildman–Crippen LogP) is 5.87. The molecule has 0 aromatic heterocycles. The molecule has 3 heteroatoms. The van der Waals surface area contributed by atoms with Crippen molar-refractivity contribution in [3.63, 3.8) is 0 Å². The topological polar surface area (TPSA) is 12.0 Å². The minimum atomic E-state index is 0.561. The summed E-state index contributed by atoms with van der Waals surface area (Å²) in [5.41, 5.74) is 1.29. The molecule has 118 valence electrons. The number of likely N-dealkylation sites (N-methyl/N-ethyl adjacent to an activating group) is 1. The van der Waals surface area contributed by atoms with Crippen LogP contribution >= 0.6 is 23.2 Å². The second-order valence-corrected chi connectivity index (χ2v) is 7.04. The van der Waals surface area contributed by atoms with Crippen LogP contribution in [-0.4, -0.2) is 12.6 Å². The Bertz CT molecular complexity index is 425. The van der Waals surface area contributed by atoms with Crippen LogP contribution in [0.2, 0.25) is 10.0 Å². The van der Waals surface area contributed by atoms with Crippen LogP contribution in [0.25, 0.3) is 0 Å². The molecule has 1 atom stereocenters. The average Bonchev–Trinajstić information content (AvgIpc) is 2.42. The second kappa shape index (κ2) is 9.02.